The number of carbonyl (C=O) groups is 1. The molecule has 0 fully saturated rings. The summed E-state index contributed by atoms with van der Waals surface area (Å²) >= 11 is 5.71. The maximum absolute atomic E-state index is 12.4. The summed E-state index contributed by atoms with van der Waals surface area (Å²) in [7, 11) is 0. The van der Waals surface area contributed by atoms with Gasteiger partial charge in [0, 0.05) is 28.7 Å². The van der Waals surface area contributed by atoms with Gasteiger partial charge in [0.1, 0.15) is 11.1 Å². The average Bonchev–Trinajstić information content (AvgIpc) is 2.61. The van der Waals surface area contributed by atoms with Gasteiger partial charge in [0.15, 0.2) is 0 Å². The lowest BCUT2D eigenvalue weighted by Crippen LogP contribution is -2.12. The Morgan fingerprint density at radius 3 is 2.46 bits per heavy atom. The number of hydrogen-bond acceptors (Lipinski definition) is 7. The first-order valence-electron chi connectivity index (χ1n) is 7.06. The molecule has 0 N–H and O–H groups in total. The summed E-state index contributed by atoms with van der Waals surface area (Å²) < 4.78 is 5.15. The van der Waals surface area contributed by atoms with Gasteiger partial charge in [-0.2, -0.15) is 0 Å². The first kappa shape index (κ1) is 17.2. The molecular formula is C16H8ClN3O6. The highest BCUT2D eigenvalue weighted by Gasteiger charge is 2.27. The van der Waals surface area contributed by atoms with E-state index in [4.69, 9.17) is 16.3 Å². The first-order valence-corrected chi connectivity index (χ1v) is 7.44. The molecule has 0 bridgehead atoms. The van der Waals surface area contributed by atoms with Crippen LogP contribution in [0.15, 0.2) is 48.7 Å². The second kappa shape index (κ2) is 6.73. The van der Waals surface area contributed by atoms with Crippen LogP contribution < -0.4 is 4.74 Å². The van der Waals surface area contributed by atoms with Crippen LogP contribution in [0, 0.1) is 20.2 Å². The summed E-state index contributed by atoms with van der Waals surface area (Å²) in [5.74, 6) is -1.52. The fraction of sp³-hybridized carbons (Fsp3) is 0. The van der Waals surface area contributed by atoms with Gasteiger partial charge in [0.2, 0.25) is 5.75 Å². The van der Waals surface area contributed by atoms with E-state index in [1.54, 1.807) is 12.1 Å². The summed E-state index contributed by atoms with van der Waals surface area (Å²) in [4.78, 5) is 37.3. The van der Waals surface area contributed by atoms with Crippen molar-refractivity contribution in [3.8, 4) is 5.75 Å². The molecule has 0 saturated heterocycles. The van der Waals surface area contributed by atoms with Crippen molar-refractivity contribution in [2.24, 2.45) is 0 Å². The van der Waals surface area contributed by atoms with Crippen molar-refractivity contribution in [3.05, 3.63) is 79.5 Å². The molecule has 2 aromatic carbocycles. The Labute approximate surface area is 150 Å². The number of pyridine rings is 1. The number of rotatable bonds is 4. The molecule has 0 amide bonds. The Balaban J connectivity index is 2.12. The number of fused-ring (bicyclic) bond motifs is 1. The molecule has 130 valence electrons. The number of esters is 1. The van der Waals surface area contributed by atoms with E-state index >= 15 is 0 Å². The summed E-state index contributed by atoms with van der Waals surface area (Å²) in [6, 6.07) is 9.27. The van der Waals surface area contributed by atoms with Crippen LogP contribution >= 0.6 is 11.6 Å². The van der Waals surface area contributed by atoms with E-state index in [1.807, 2.05) is 0 Å². The number of benzene rings is 2. The van der Waals surface area contributed by atoms with Crippen molar-refractivity contribution < 1.29 is 19.4 Å². The normalized spacial score (nSPS) is 10.5. The van der Waals surface area contributed by atoms with Crippen molar-refractivity contribution in [3.63, 3.8) is 0 Å². The number of ether oxygens (including phenoxy) is 1. The third-order valence-corrected chi connectivity index (χ3v) is 3.71. The van der Waals surface area contributed by atoms with E-state index in [2.05, 4.69) is 4.98 Å². The minimum atomic E-state index is -1.13. The molecule has 1 aromatic heterocycles. The Hall–Kier alpha value is -3.59. The predicted octanol–water partition coefficient (Wildman–Crippen LogP) is 3.92. The number of hydrogen-bond donors (Lipinski definition) is 0. The smallest absolute Gasteiger partial charge is 0.350 e. The summed E-state index contributed by atoms with van der Waals surface area (Å²) in [5, 5.41) is 23.0. The fourth-order valence-corrected chi connectivity index (χ4v) is 2.49. The van der Waals surface area contributed by atoms with E-state index in [-0.39, 0.29) is 21.9 Å². The van der Waals surface area contributed by atoms with Gasteiger partial charge in [-0.15, -0.1) is 0 Å². The van der Waals surface area contributed by atoms with Crippen LogP contribution in [0.1, 0.15) is 10.4 Å². The summed E-state index contributed by atoms with van der Waals surface area (Å²) in [6.07, 6.45) is 1.38. The highest BCUT2D eigenvalue weighted by atomic mass is 35.5. The molecule has 0 spiro atoms. The number of aromatic nitrogens is 1. The van der Waals surface area contributed by atoms with Crippen LogP contribution in [0.4, 0.5) is 11.4 Å². The molecule has 3 aromatic rings. The van der Waals surface area contributed by atoms with Gasteiger partial charge < -0.3 is 4.74 Å². The van der Waals surface area contributed by atoms with Crippen molar-refractivity contribution in [1.29, 1.82) is 0 Å². The lowest BCUT2D eigenvalue weighted by Gasteiger charge is -2.08. The molecule has 26 heavy (non-hydrogen) atoms. The zero-order valence-electron chi connectivity index (χ0n) is 12.8. The van der Waals surface area contributed by atoms with E-state index in [9.17, 15) is 25.0 Å². The fourth-order valence-electron chi connectivity index (χ4n) is 2.33. The van der Waals surface area contributed by atoms with E-state index in [0.717, 1.165) is 12.1 Å². The molecule has 0 unspecified atom stereocenters. The lowest BCUT2D eigenvalue weighted by molar-refractivity contribution is -0.386. The highest BCUT2D eigenvalue weighted by Crippen LogP contribution is 2.35. The van der Waals surface area contributed by atoms with Gasteiger partial charge in [-0.1, -0.05) is 17.7 Å². The minimum absolute atomic E-state index is 0.0612. The van der Waals surface area contributed by atoms with Gasteiger partial charge in [0.05, 0.1) is 9.85 Å². The van der Waals surface area contributed by atoms with E-state index in [1.165, 1.54) is 24.4 Å². The maximum Gasteiger partial charge on any atom is 0.350 e. The van der Waals surface area contributed by atoms with Crippen LogP contribution in [0.3, 0.4) is 0 Å². The van der Waals surface area contributed by atoms with Gasteiger partial charge in [-0.25, -0.2) is 4.79 Å². The van der Waals surface area contributed by atoms with Crippen LogP contribution in [0.2, 0.25) is 5.02 Å². The van der Waals surface area contributed by atoms with Crippen molar-refractivity contribution in [2.45, 2.75) is 0 Å². The van der Waals surface area contributed by atoms with Crippen LogP contribution in [-0.4, -0.2) is 20.8 Å². The minimum Gasteiger partial charge on any atom is -0.413 e. The largest absolute Gasteiger partial charge is 0.413 e. The second-order valence-electron chi connectivity index (χ2n) is 5.05. The van der Waals surface area contributed by atoms with Gasteiger partial charge in [-0.05, 0) is 24.3 Å². The Kier molecular flexibility index (Phi) is 4.46. The first-order chi connectivity index (χ1) is 12.4. The number of nitro benzene ring substituents is 2. The lowest BCUT2D eigenvalue weighted by atomic mass is 10.1. The standard InChI is InChI=1S/C16H8ClN3O6/c17-10-4-5-11(13(8-10)20(24)25)16(21)26-15-12(19(22)23)6-3-9-2-1-7-18-14(9)15/h1-8H. The van der Waals surface area contributed by atoms with Crippen LogP contribution in [0.5, 0.6) is 5.75 Å². The van der Waals surface area contributed by atoms with Crippen LogP contribution in [-0.2, 0) is 0 Å². The molecule has 0 aliphatic rings. The molecule has 0 aliphatic heterocycles. The van der Waals surface area contributed by atoms with Crippen LogP contribution in [0.25, 0.3) is 10.9 Å². The second-order valence-corrected chi connectivity index (χ2v) is 5.49. The molecule has 0 atom stereocenters. The molecular weight excluding hydrogens is 366 g/mol. The Morgan fingerprint density at radius 2 is 1.77 bits per heavy atom. The molecule has 0 aliphatic carbocycles. The highest BCUT2D eigenvalue weighted by molar-refractivity contribution is 6.31. The quantitative estimate of drug-likeness (QED) is 0.293. The van der Waals surface area contributed by atoms with E-state index in [0.29, 0.717) is 5.39 Å². The molecule has 10 heteroatoms. The zero-order chi connectivity index (χ0) is 18.8. The van der Waals surface area contributed by atoms with Gasteiger partial charge >= 0.3 is 11.7 Å². The van der Waals surface area contributed by atoms with Gasteiger partial charge in [-0.3, -0.25) is 25.2 Å². The molecule has 0 radical (unpaired) electrons. The predicted molar refractivity (Wildman–Crippen MR) is 91.5 cm³/mol. The maximum atomic E-state index is 12.4. The summed E-state index contributed by atoms with van der Waals surface area (Å²) in [6.45, 7) is 0. The summed E-state index contributed by atoms with van der Waals surface area (Å²) in [5.41, 5.74) is -1.35. The number of carbonyl (C=O) groups excluding carboxylic acids is 1. The van der Waals surface area contributed by atoms with E-state index < -0.39 is 27.2 Å². The van der Waals surface area contributed by atoms with Gasteiger partial charge in [0.25, 0.3) is 5.69 Å². The van der Waals surface area contributed by atoms with Crippen molar-refractivity contribution in [1.82, 2.24) is 4.98 Å². The topological polar surface area (TPSA) is 125 Å². The Bertz CT molecular complexity index is 1070. The zero-order valence-corrected chi connectivity index (χ0v) is 13.5. The third-order valence-electron chi connectivity index (χ3n) is 3.48. The molecule has 3 rings (SSSR count). The Morgan fingerprint density at radius 1 is 1.04 bits per heavy atom. The molecule has 9 nitrogen and oxygen atoms in total. The number of nitro groups is 2. The van der Waals surface area contributed by atoms with Crippen molar-refractivity contribution in [2.75, 3.05) is 0 Å². The number of nitrogens with zero attached hydrogens (tertiary/aromatic N) is 3. The number of halogens is 1. The molecule has 1 heterocycles. The monoisotopic (exact) mass is 373 g/mol. The SMILES string of the molecule is O=C(Oc1c([N+](=O)[O-])ccc2cccnc12)c1ccc(Cl)cc1[N+](=O)[O-]. The third kappa shape index (κ3) is 3.15. The molecule has 0 saturated carbocycles. The average molecular weight is 374 g/mol. The van der Waals surface area contributed by atoms with Crippen molar-refractivity contribution >= 4 is 39.8 Å².